The van der Waals surface area contributed by atoms with Crippen LogP contribution in [0.15, 0.2) is 54.9 Å². The molecule has 1 aromatic heterocycles. The first kappa shape index (κ1) is 16.6. The van der Waals surface area contributed by atoms with E-state index in [0.717, 1.165) is 11.6 Å². The molecule has 0 amide bonds. The minimum absolute atomic E-state index is 0.0339. The minimum atomic E-state index is 0.0339. The van der Waals surface area contributed by atoms with Gasteiger partial charge in [0.2, 0.25) is 5.95 Å². The monoisotopic (exact) mass is 344 g/mol. The van der Waals surface area contributed by atoms with Crippen molar-refractivity contribution in [1.29, 1.82) is 0 Å². The van der Waals surface area contributed by atoms with E-state index in [9.17, 15) is 0 Å². The van der Waals surface area contributed by atoms with Crippen LogP contribution in [0.1, 0.15) is 53.6 Å². The molecule has 2 aromatic carbocycles. The topological polar surface area (TPSA) is 42.7 Å². The molecule has 0 bridgehead atoms. The number of benzene rings is 2. The molecule has 4 rings (SSSR count). The molecule has 0 saturated carbocycles. The van der Waals surface area contributed by atoms with E-state index in [1.807, 2.05) is 4.68 Å². The first-order valence-corrected chi connectivity index (χ1v) is 9.09. The molecule has 1 aliphatic heterocycles. The van der Waals surface area contributed by atoms with Gasteiger partial charge in [0.15, 0.2) is 0 Å². The van der Waals surface area contributed by atoms with Gasteiger partial charge in [-0.25, -0.2) is 4.68 Å². The zero-order chi connectivity index (χ0) is 18.3. The maximum atomic E-state index is 4.43. The number of fused-ring (bicyclic) bond motifs is 1. The van der Waals surface area contributed by atoms with Gasteiger partial charge in [0.05, 0.1) is 0 Å². The summed E-state index contributed by atoms with van der Waals surface area (Å²) < 4.78 is 1.94. The van der Waals surface area contributed by atoms with Crippen LogP contribution in [0.5, 0.6) is 0 Å². The largest absolute Gasteiger partial charge is 0.324 e. The van der Waals surface area contributed by atoms with Crippen molar-refractivity contribution < 1.29 is 0 Å². The summed E-state index contributed by atoms with van der Waals surface area (Å²) in [7, 11) is 0. The molecular weight excluding hydrogens is 320 g/mol. The predicted octanol–water partition coefficient (Wildman–Crippen LogP) is 5.07. The first-order chi connectivity index (χ1) is 12.5. The van der Waals surface area contributed by atoms with E-state index in [1.165, 1.54) is 27.8 Å². The van der Waals surface area contributed by atoms with Crippen molar-refractivity contribution in [2.24, 2.45) is 0 Å². The van der Waals surface area contributed by atoms with E-state index >= 15 is 0 Å². The summed E-state index contributed by atoms with van der Waals surface area (Å²) in [6.07, 6.45) is 3.84. The standard InChI is InChI=1S/C22H24N4/c1-14(2)17-7-9-18(10-8-17)21-12-20(25-22-23-13-24-26(21)22)19-6-5-15(3)16(4)11-19/h5-14,21H,1-4H3,(H,23,24,25). The van der Waals surface area contributed by atoms with Crippen LogP contribution in [0.25, 0.3) is 5.70 Å². The van der Waals surface area contributed by atoms with Gasteiger partial charge in [-0.15, -0.1) is 0 Å². The Morgan fingerprint density at radius 2 is 1.77 bits per heavy atom. The Labute approximate surface area is 154 Å². The number of rotatable bonds is 3. The maximum absolute atomic E-state index is 4.43. The summed E-state index contributed by atoms with van der Waals surface area (Å²) >= 11 is 0. The third kappa shape index (κ3) is 2.92. The minimum Gasteiger partial charge on any atom is -0.324 e. The van der Waals surface area contributed by atoms with Gasteiger partial charge in [-0.05, 0) is 59.7 Å². The van der Waals surface area contributed by atoms with Crippen LogP contribution in [0.2, 0.25) is 0 Å². The quantitative estimate of drug-likeness (QED) is 0.721. The lowest BCUT2D eigenvalue weighted by atomic mass is 9.96. The predicted molar refractivity (Wildman–Crippen MR) is 106 cm³/mol. The second-order valence-corrected chi connectivity index (χ2v) is 7.30. The lowest BCUT2D eigenvalue weighted by Crippen LogP contribution is -2.20. The fourth-order valence-electron chi connectivity index (χ4n) is 3.33. The highest BCUT2D eigenvalue weighted by atomic mass is 15.4. The molecule has 26 heavy (non-hydrogen) atoms. The lowest BCUT2D eigenvalue weighted by Gasteiger charge is -2.25. The molecule has 0 spiro atoms. The number of aromatic nitrogens is 3. The second-order valence-electron chi connectivity index (χ2n) is 7.30. The van der Waals surface area contributed by atoms with Crippen molar-refractivity contribution in [3.05, 3.63) is 82.7 Å². The third-order valence-electron chi connectivity index (χ3n) is 5.17. The van der Waals surface area contributed by atoms with E-state index < -0.39 is 0 Å². The van der Waals surface area contributed by atoms with Gasteiger partial charge in [-0.3, -0.25) is 0 Å². The Hall–Kier alpha value is -2.88. The number of anilines is 1. The van der Waals surface area contributed by atoms with Crippen LogP contribution < -0.4 is 5.32 Å². The van der Waals surface area contributed by atoms with Gasteiger partial charge < -0.3 is 5.32 Å². The van der Waals surface area contributed by atoms with Crippen LogP contribution in [0.3, 0.4) is 0 Å². The van der Waals surface area contributed by atoms with Crippen LogP contribution in [0, 0.1) is 13.8 Å². The van der Waals surface area contributed by atoms with Crippen LogP contribution in [0.4, 0.5) is 5.95 Å². The molecular formula is C22H24N4. The van der Waals surface area contributed by atoms with E-state index in [4.69, 9.17) is 0 Å². The van der Waals surface area contributed by atoms with Gasteiger partial charge in [0.1, 0.15) is 12.4 Å². The molecule has 0 fully saturated rings. The normalized spacial score (nSPS) is 16.2. The molecule has 1 N–H and O–H groups in total. The molecule has 132 valence electrons. The summed E-state index contributed by atoms with van der Waals surface area (Å²) in [6.45, 7) is 8.71. The summed E-state index contributed by atoms with van der Waals surface area (Å²) in [6, 6.07) is 15.4. The lowest BCUT2D eigenvalue weighted by molar-refractivity contribution is 0.611. The average Bonchev–Trinajstić information content (AvgIpc) is 3.12. The maximum Gasteiger partial charge on any atom is 0.226 e. The summed E-state index contributed by atoms with van der Waals surface area (Å²) in [4.78, 5) is 4.39. The second kappa shape index (κ2) is 6.45. The summed E-state index contributed by atoms with van der Waals surface area (Å²) in [5.74, 6) is 1.30. The molecule has 3 aromatic rings. The molecule has 0 aliphatic carbocycles. The van der Waals surface area contributed by atoms with E-state index in [1.54, 1.807) is 6.33 Å². The van der Waals surface area contributed by atoms with Crippen molar-refractivity contribution in [3.8, 4) is 0 Å². The highest BCUT2D eigenvalue weighted by Gasteiger charge is 2.23. The smallest absolute Gasteiger partial charge is 0.226 e. The summed E-state index contributed by atoms with van der Waals surface area (Å²) in [5, 5.41) is 7.85. The fourth-order valence-corrected chi connectivity index (χ4v) is 3.33. The Bertz CT molecular complexity index is 964. The van der Waals surface area contributed by atoms with Crippen LogP contribution >= 0.6 is 0 Å². The highest BCUT2D eigenvalue weighted by molar-refractivity contribution is 5.77. The molecule has 1 unspecified atom stereocenters. The van der Waals surface area contributed by atoms with Crippen molar-refractivity contribution in [3.63, 3.8) is 0 Å². The Morgan fingerprint density at radius 3 is 2.46 bits per heavy atom. The SMILES string of the molecule is Cc1ccc(C2=CC(c3ccc(C(C)C)cc3)n3ncnc3N2)cc1C. The molecule has 2 heterocycles. The molecule has 0 radical (unpaired) electrons. The summed E-state index contributed by atoms with van der Waals surface area (Å²) in [5.41, 5.74) is 7.39. The van der Waals surface area contributed by atoms with Crippen molar-refractivity contribution in [1.82, 2.24) is 14.8 Å². The van der Waals surface area contributed by atoms with Gasteiger partial charge in [0, 0.05) is 5.70 Å². The average molecular weight is 344 g/mol. The Balaban J connectivity index is 1.76. The van der Waals surface area contributed by atoms with E-state index in [2.05, 4.69) is 91.6 Å². The van der Waals surface area contributed by atoms with Crippen LogP contribution in [-0.4, -0.2) is 14.8 Å². The van der Waals surface area contributed by atoms with Gasteiger partial charge in [-0.1, -0.05) is 50.2 Å². The number of nitrogens with one attached hydrogen (secondary N) is 1. The van der Waals surface area contributed by atoms with Crippen molar-refractivity contribution in [2.75, 3.05) is 5.32 Å². The van der Waals surface area contributed by atoms with E-state index in [-0.39, 0.29) is 6.04 Å². The number of allylic oxidation sites excluding steroid dienone is 1. The molecule has 1 atom stereocenters. The Morgan fingerprint density at radius 1 is 1.00 bits per heavy atom. The van der Waals surface area contributed by atoms with Gasteiger partial charge in [0.25, 0.3) is 0 Å². The zero-order valence-corrected chi connectivity index (χ0v) is 15.7. The molecule has 4 nitrogen and oxygen atoms in total. The number of nitrogens with zero attached hydrogens (tertiary/aromatic N) is 3. The molecule has 4 heteroatoms. The molecule has 1 aliphatic rings. The fraction of sp³-hybridized carbons (Fsp3) is 0.273. The molecule has 0 saturated heterocycles. The number of hydrogen-bond acceptors (Lipinski definition) is 3. The van der Waals surface area contributed by atoms with Crippen molar-refractivity contribution in [2.45, 2.75) is 39.7 Å². The third-order valence-corrected chi connectivity index (χ3v) is 5.17. The van der Waals surface area contributed by atoms with Gasteiger partial charge in [-0.2, -0.15) is 10.1 Å². The number of hydrogen-bond donors (Lipinski definition) is 1. The highest BCUT2D eigenvalue weighted by Crippen LogP contribution is 2.32. The Kier molecular flexibility index (Phi) is 4.11. The number of aryl methyl sites for hydroxylation is 2. The zero-order valence-electron chi connectivity index (χ0n) is 15.7. The van der Waals surface area contributed by atoms with Crippen LogP contribution in [-0.2, 0) is 0 Å². The van der Waals surface area contributed by atoms with Crippen molar-refractivity contribution >= 4 is 11.6 Å². The van der Waals surface area contributed by atoms with E-state index in [0.29, 0.717) is 5.92 Å². The van der Waals surface area contributed by atoms with Gasteiger partial charge >= 0.3 is 0 Å². The first-order valence-electron chi connectivity index (χ1n) is 9.09.